The summed E-state index contributed by atoms with van der Waals surface area (Å²) in [6, 6.07) is 7.86. The van der Waals surface area contributed by atoms with Gasteiger partial charge in [0.15, 0.2) is 0 Å². The van der Waals surface area contributed by atoms with E-state index >= 15 is 0 Å². The van der Waals surface area contributed by atoms with Crippen molar-refractivity contribution in [3.05, 3.63) is 29.8 Å². The molecular formula is C16H24N2O2. The number of hydrogen-bond donors (Lipinski definition) is 1. The highest BCUT2D eigenvalue weighted by molar-refractivity contribution is 5.81. The van der Waals surface area contributed by atoms with E-state index in [0.29, 0.717) is 13.2 Å². The zero-order valence-corrected chi connectivity index (χ0v) is 12.4. The number of nitrogens with one attached hydrogen (secondary N) is 1. The molecule has 0 aliphatic carbocycles. The first kappa shape index (κ1) is 14.9. The summed E-state index contributed by atoms with van der Waals surface area (Å²) in [5.74, 6) is 1.09. The van der Waals surface area contributed by atoms with Gasteiger partial charge in [-0.3, -0.25) is 4.79 Å². The second-order valence-electron chi connectivity index (χ2n) is 5.37. The van der Waals surface area contributed by atoms with E-state index in [-0.39, 0.29) is 11.9 Å². The highest BCUT2D eigenvalue weighted by Crippen LogP contribution is 2.12. The van der Waals surface area contributed by atoms with Crippen molar-refractivity contribution in [1.29, 1.82) is 0 Å². The van der Waals surface area contributed by atoms with E-state index in [1.54, 1.807) is 0 Å². The second-order valence-corrected chi connectivity index (χ2v) is 5.37. The molecule has 1 fully saturated rings. The van der Waals surface area contributed by atoms with Gasteiger partial charge in [0.25, 0.3) is 0 Å². The Morgan fingerprint density at radius 3 is 2.85 bits per heavy atom. The van der Waals surface area contributed by atoms with Crippen LogP contribution in [0.4, 0.5) is 0 Å². The molecule has 0 saturated carbocycles. The smallest absolute Gasteiger partial charge is 0.239 e. The van der Waals surface area contributed by atoms with Crippen LogP contribution in [-0.4, -0.2) is 43.1 Å². The fraction of sp³-hybridized carbons (Fsp3) is 0.562. The van der Waals surface area contributed by atoms with Crippen molar-refractivity contribution in [1.82, 2.24) is 10.2 Å². The highest BCUT2D eigenvalue weighted by atomic mass is 16.5. The SMILES string of the molecule is Cc1cccc(OCCNC(C)C(=O)N2CCCC2)c1. The summed E-state index contributed by atoms with van der Waals surface area (Å²) in [5, 5.41) is 3.23. The van der Waals surface area contributed by atoms with E-state index in [1.165, 1.54) is 5.56 Å². The topological polar surface area (TPSA) is 41.6 Å². The molecule has 20 heavy (non-hydrogen) atoms. The van der Waals surface area contributed by atoms with Gasteiger partial charge in [0.05, 0.1) is 6.04 Å². The number of carbonyl (C=O) groups excluding carboxylic acids is 1. The Kier molecular flexibility index (Phi) is 5.41. The van der Waals surface area contributed by atoms with Crippen molar-refractivity contribution < 1.29 is 9.53 Å². The van der Waals surface area contributed by atoms with Crippen LogP contribution < -0.4 is 10.1 Å². The van der Waals surface area contributed by atoms with E-state index in [2.05, 4.69) is 5.32 Å². The van der Waals surface area contributed by atoms with E-state index in [4.69, 9.17) is 4.74 Å². The van der Waals surface area contributed by atoms with Crippen LogP contribution in [0.25, 0.3) is 0 Å². The second kappa shape index (κ2) is 7.29. The summed E-state index contributed by atoms with van der Waals surface area (Å²) >= 11 is 0. The molecule has 1 aliphatic rings. The lowest BCUT2D eigenvalue weighted by molar-refractivity contribution is -0.131. The van der Waals surface area contributed by atoms with Gasteiger partial charge in [0.1, 0.15) is 12.4 Å². The van der Waals surface area contributed by atoms with E-state index in [1.807, 2.05) is 43.0 Å². The average Bonchev–Trinajstić information content (AvgIpc) is 2.96. The maximum atomic E-state index is 12.1. The van der Waals surface area contributed by atoms with E-state index in [9.17, 15) is 4.79 Å². The van der Waals surface area contributed by atoms with Gasteiger partial charge in [0.2, 0.25) is 5.91 Å². The van der Waals surface area contributed by atoms with Crippen molar-refractivity contribution >= 4 is 5.91 Å². The third-order valence-corrected chi connectivity index (χ3v) is 3.60. The molecule has 0 spiro atoms. The van der Waals surface area contributed by atoms with Crippen LogP contribution in [0.1, 0.15) is 25.3 Å². The maximum absolute atomic E-state index is 12.1. The Bertz CT molecular complexity index is 442. The quantitative estimate of drug-likeness (QED) is 0.808. The number of nitrogens with zero attached hydrogens (tertiary/aromatic N) is 1. The van der Waals surface area contributed by atoms with Crippen molar-refractivity contribution in [2.75, 3.05) is 26.2 Å². The lowest BCUT2D eigenvalue weighted by Crippen LogP contribution is -2.44. The number of carbonyl (C=O) groups is 1. The first-order chi connectivity index (χ1) is 9.66. The van der Waals surface area contributed by atoms with E-state index in [0.717, 1.165) is 31.7 Å². The zero-order chi connectivity index (χ0) is 14.4. The van der Waals surface area contributed by atoms with Crippen LogP contribution in [0, 0.1) is 6.92 Å². The van der Waals surface area contributed by atoms with Gasteiger partial charge in [0, 0.05) is 19.6 Å². The Morgan fingerprint density at radius 1 is 1.40 bits per heavy atom. The first-order valence-electron chi connectivity index (χ1n) is 7.38. The van der Waals surface area contributed by atoms with Gasteiger partial charge in [-0.15, -0.1) is 0 Å². The molecule has 1 saturated heterocycles. The van der Waals surface area contributed by atoms with Crippen LogP contribution >= 0.6 is 0 Å². The molecule has 1 heterocycles. The van der Waals surface area contributed by atoms with Crippen LogP contribution in [0.3, 0.4) is 0 Å². The molecule has 4 heteroatoms. The predicted octanol–water partition coefficient (Wildman–Crippen LogP) is 1.97. The molecule has 1 aromatic carbocycles. The molecule has 110 valence electrons. The fourth-order valence-corrected chi connectivity index (χ4v) is 2.45. The standard InChI is InChI=1S/C16H24N2O2/c1-13-6-5-7-15(12-13)20-11-8-17-14(2)16(19)18-9-3-4-10-18/h5-7,12,14,17H,3-4,8-11H2,1-2H3. The first-order valence-corrected chi connectivity index (χ1v) is 7.38. The number of ether oxygens (including phenoxy) is 1. The van der Waals surface area contributed by atoms with Gasteiger partial charge >= 0.3 is 0 Å². The van der Waals surface area contributed by atoms with Gasteiger partial charge in [-0.05, 0) is 44.4 Å². The molecule has 1 amide bonds. The summed E-state index contributed by atoms with van der Waals surface area (Å²) < 4.78 is 5.66. The summed E-state index contributed by atoms with van der Waals surface area (Å²) in [4.78, 5) is 14.0. The Hall–Kier alpha value is -1.55. The van der Waals surface area contributed by atoms with Gasteiger partial charge in [-0.2, -0.15) is 0 Å². The molecule has 1 atom stereocenters. The molecular weight excluding hydrogens is 252 g/mol. The predicted molar refractivity (Wildman–Crippen MR) is 80.0 cm³/mol. The molecule has 0 bridgehead atoms. The largest absolute Gasteiger partial charge is 0.492 e. The number of amides is 1. The summed E-state index contributed by atoms with van der Waals surface area (Å²) in [5.41, 5.74) is 1.19. The minimum atomic E-state index is -0.130. The lowest BCUT2D eigenvalue weighted by atomic mass is 10.2. The summed E-state index contributed by atoms with van der Waals surface area (Å²) in [6.45, 7) is 7.03. The minimum Gasteiger partial charge on any atom is -0.492 e. The number of benzene rings is 1. The molecule has 1 unspecified atom stereocenters. The maximum Gasteiger partial charge on any atom is 0.239 e. The number of hydrogen-bond acceptors (Lipinski definition) is 3. The third kappa shape index (κ3) is 4.23. The van der Waals surface area contributed by atoms with Gasteiger partial charge in [-0.1, -0.05) is 12.1 Å². The number of aryl methyl sites for hydroxylation is 1. The molecule has 1 N–H and O–H groups in total. The van der Waals surface area contributed by atoms with Crippen molar-refractivity contribution in [3.63, 3.8) is 0 Å². The summed E-state index contributed by atoms with van der Waals surface area (Å²) in [6.07, 6.45) is 2.27. The lowest BCUT2D eigenvalue weighted by Gasteiger charge is -2.21. The van der Waals surface area contributed by atoms with Crippen LogP contribution in [0.2, 0.25) is 0 Å². The molecule has 2 rings (SSSR count). The summed E-state index contributed by atoms with van der Waals surface area (Å²) in [7, 11) is 0. The average molecular weight is 276 g/mol. The van der Waals surface area contributed by atoms with Gasteiger partial charge < -0.3 is 15.0 Å². The fourth-order valence-electron chi connectivity index (χ4n) is 2.45. The molecule has 4 nitrogen and oxygen atoms in total. The van der Waals surface area contributed by atoms with Crippen molar-refractivity contribution in [2.24, 2.45) is 0 Å². The monoisotopic (exact) mass is 276 g/mol. The van der Waals surface area contributed by atoms with Gasteiger partial charge in [-0.25, -0.2) is 0 Å². The van der Waals surface area contributed by atoms with Crippen LogP contribution in [-0.2, 0) is 4.79 Å². The number of rotatable bonds is 6. The van der Waals surface area contributed by atoms with Crippen LogP contribution in [0.5, 0.6) is 5.75 Å². The Labute approximate surface area is 121 Å². The molecule has 0 aromatic heterocycles. The van der Waals surface area contributed by atoms with Crippen LogP contribution in [0.15, 0.2) is 24.3 Å². The molecule has 1 aromatic rings. The Morgan fingerprint density at radius 2 is 2.15 bits per heavy atom. The van der Waals surface area contributed by atoms with E-state index < -0.39 is 0 Å². The minimum absolute atomic E-state index is 0.130. The highest BCUT2D eigenvalue weighted by Gasteiger charge is 2.22. The Balaban J connectivity index is 1.66. The zero-order valence-electron chi connectivity index (χ0n) is 12.4. The third-order valence-electron chi connectivity index (χ3n) is 3.60. The molecule has 1 aliphatic heterocycles. The number of likely N-dealkylation sites (tertiary alicyclic amines) is 1. The molecule has 0 radical (unpaired) electrons. The van der Waals surface area contributed by atoms with Crippen molar-refractivity contribution in [3.8, 4) is 5.75 Å². The normalized spacial score (nSPS) is 16.2. The van der Waals surface area contributed by atoms with Crippen molar-refractivity contribution in [2.45, 2.75) is 32.7 Å².